The van der Waals surface area contributed by atoms with E-state index in [1.165, 1.54) is 0 Å². The first kappa shape index (κ1) is 20.3. The topological polar surface area (TPSA) is 75.6 Å². The highest BCUT2D eigenvalue weighted by Gasteiger charge is 2.25. The first-order valence-electron chi connectivity index (χ1n) is 8.05. The molecule has 0 saturated carbocycles. The third-order valence-electron chi connectivity index (χ3n) is 3.88. The molecule has 0 aliphatic rings. The van der Waals surface area contributed by atoms with Gasteiger partial charge in [0.1, 0.15) is 11.3 Å². The van der Waals surface area contributed by atoms with E-state index >= 15 is 0 Å². The molecular formula is C19H18F3NO4. The molecule has 8 heteroatoms. The highest BCUT2D eigenvalue weighted by molar-refractivity contribution is 5.95. The van der Waals surface area contributed by atoms with Crippen molar-refractivity contribution >= 4 is 17.6 Å². The lowest BCUT2D eigenvalue weighted by atomic mass is 9.98. The van der Waals surface area contributed by atoms with Gasteiger partial charge in [0.05, 0.1) is 5.69 Å². The van der Waals surface area contributed by atoms with Crippen LogP contribution in [0.3, 0.4) is 0 Å². The number of hydrogen-bond acceptors (Lipinski definition) is 3. The fourth-order valence-corrected chi connectivity index (χ4v) is 2.60. The molecule has 0 aliphatic carbocycles. The molecule has 1 amide bonds. The highest BCUT2D eigenvalue weighted by atomic mass is 19.2. The molecule has 0 saturated heterocycles. The van der Waals surface area contributed by atoms with Gasteiger partial charge in [-0.1, -0.05) is 19.9 Å². The summed E-state index contributed by atoms with van der Waals surface area (Å²) in [6, 6.07) is 5.65. The fourth-order valence-electron chi connectivity index (χ4n) is 2.60. The van der Waals surface area contributed by atoms with Crippen molar-refractivity contribution in [1.29, 1.82) is 0 Å². The van der Waals surface area contributed by atoms with E-state index in [9.17, 15) is 22.8 Å². The maximum absolute atomic E-state index is 14.0. The number of halogens is 3. The Labute approximate surface area is 153 Å². The number of carboxylic acids is 1. The van der Waals surface area contributed by atoms with Crippen molar-refractivity contribution in [2.45, 2.75) is 26.7 Å². The zero-order chi connectivity index (χ0) is 20.3. The Morgan fingerprint density at radius 2 is 1.81 bits per heavy atom. The van der Waals surface area contributed by atoms with Gasteiger partial charge < -0.3 is 15.2 Å². The number of hydrogen-bond donors (Lipinski definition) is 2. The number of anilines is 1. The fraction of sp³-hybridized carbons (Fsp3) is 0.263. The molecule has 2 N–H and O–H groups in total. The van der Waals surface area contributed by atoms with Gasteiger partial charge in [0.2, 0.25) is 0 Å². The van der Waals surface area contributed by atoms with Crippen molar-refractivity contribution in [1.82, 2.24) is 0 Å². The van der Waals surface area contributed by atoms with Crippen molar-refractivity contribution in [2.75, 3.05) is 11.9 Å². The lowest BCUT2D eigenvalue weighted by Crippen LogP contribution is -2.22. The van der Waals surface area contributed by atoms with E-state index in [1.807, 2.05) is 32.2 Å². The number of carbonyl (C=O) groups is 2. The number of aryl methyl sites for hydroxylation is 1. The molecule has 2 rings (SSSR count). The van der Waals surface area contributed by atoms with Crippen LogP contribution in [-0.2, 0) is 4.79 Å². The number of aromatic carboxylic acids is 1. The average molecular weight is 381 g/mol. The second-order valence-corrected chi connectivity index (χ2v) is 6.22. The Morgan fingerprint density at radius 1 is 1.15 bits per heavy atom. The van der Waals surface area contributed by atoms with Gasteiger partial charge in [0.15, 0.2) is 24.1 Å². The lowest BCUT2D eigenvalue weighted by Gasteiger charge is -2.13. The summed E-state index contributed by atoms with van der Waals surface area (Å²) in [4.78, 5) is 22.8. The molecule has 2 aromatic carbocycles. The smallest absolute Gasteiger partial charge is 0.341 e. The number of benzene rings is 2. The first-order valence-corrected chi connectivity index (χ1v) is 8.05. The third kappa shape index (κ3) is 4.58. The summed E-state index contributed by atoms with van der Waals surface area (Å²) < 4.78 is 46.2. The number of carbonyl (C=O) groups excluding carboxylic acids is 1. The summed E-state index contributed by atoms with van der Waals surface area (Å²) in [5.74, 6) is -7.13. The van der Waals surface area contributed by atoms with Crippen LogP contribution in [-0.4, -0.2) is 23.6 Å². The minimum absolute atomic E-state index is 0.321. The highest BCUT2D eigenvalue weighted by Crippen LogP contribution is 2.25. The van der Waals surface area contributed by atoms with Crippen molar-refractivity contribution in [3.05, 3.63) is 58.4 Å². The number of carboxylic acid groups (broad SMARTS) is 1. The first-order chi connectivity index (χ1) is 12.6. The van der Waals surface area contributed by atoms with Crippen LogP contribution < -0.4 is 10.1 Å². The number of nitrogens with one attached hydrogen (secondary N) is 1. The maximum atomic E-state index is 14.0. The lowest BCUT2D eigenvalue weighted by molar-refractivity contribution is -0.118. The summed E-state index contributed by atoms with van der Waals surface area (Å²) in [6.45, 7) is 5.45. The third-order valence-corrected chi connectivity index (χ3v) is 3.88. The summed E-state index contributed by atoms with van der Waals surface area (Å²) in [6.07, 6.45) is 0. The van der Waals surface area contributed by atoms with E-state index in [4.69, 9.17) is 9.84 Å². The minimum atomic E-state index is -1.99. The molecule has 0 atom stereocenters. The summed E-state index contributed by atoms with van der Waals surface area (Å²) in [5.41, 5.74) is -0.171. The van der Waals surface area contributed by atoms with Gasteiger partial charge in [-0.15, -0.1) is 0 Å². The molecule has 0 radical (unpaired) electrons. The van der Waals surface area contributed by atoms with E-state index in [1.54, 1.807) is 12.1 Å². The van der Waals surface area contributed by atoms with E-state index in [2.05, 4.69) is 0 Å². The van der Waals surface area contributed by atoms with Crippen molar-refractivity contribution < 1.29 is 32.6 Å². The molecule has 0 bridgehead atoms. The van der Waals surface area contributed by atoms with Crippen LogP contribution in [0.1, 0.15) is 41.3 Å². The van der Waals surface area contributed by atoms with Crippen LogP contribution in [0.5, 0.6) is 5.75 Å². The molecule has 0 spiro atoms. The van der Waals surface area contributed by atoms with Crippen LogP contribution in [0, 0.1) is 24.4 Å². The monoisotopic (exact) mass is 381 g/mol. The maximum Gasteiger partial charge on any atom is 0.341 e. The molecule has 0 heterocycles. The van der Waals surface area contributed by atoms with Crippen LogP contribution in [0.4, 0.5) is 18.9 Å². The second kappa shape index (κ2) is 8.11. The van der Waals surface area contributed by atoms with Gasteiger partial charge in [0, 0.05) is 6.07 Å². The van der Waals surface area contributed by atoms with Crippen LogP contribution in [0.2, 0.25) is 0 Å². The SMILES string of the molecule is Cc1cc(OCC(=O)Nc2cc(F)c(F)c(C(=O)O)c2F)ccc1C(C)C. The molecule has 5 nitrogen and oxygen atoms in total. The molecule has 2 aromatic rings. The average Bonchev–Trinajstić information content (AvgIpc) is 2.57. The van der Waals surface area contributed by atoms with Gasteiger partial charge in [-0.2, -0.15) is 0 Å². The van der Waals surface area contributed by atoms with Crippen molar-refractivity contribution in [2.24, 2.45) is 0 Å². The Balaban J connectivity index is 2.11. The van der Waals surface area contributed by atoms with Gasteiger partial charge >= 0.3 is 5.97 Å². The number of ether oxygens (including phenoxy) is 1. The van der Waals surface area contributed by atoms with E-state index in [0.29, 0.717) is 17.7 Å². The Bertz CT molecular complexity index is 897. The zero-order valence-corrected chi connectivity index (χ0v) is 14.9. The van der Waals surface area contributed by atoms with Crippen LogP contribution in [0.25, 0.3) is 0 Å². The summed E-state index contributed by atoms with van der Waals surface area (Å²) in [5, 5.41) is 10.8. The Hall–Kier alpha value is -3.03. The summed E-state index contributed by atoms with van der Waals surface area (Å²) in [7, 11) is 0. The molecule has 0 fully saturated rings. The zero-order valence-electron chi connectivity index (χ0n) is 14.9. The van der Waals surface area contributed by atoms with E-state index < -0.39 is 47.2 Å². The normalized spacial score (nSPS) is 10.8. The van der Waals surface area contributed by atoms with Crippen LogP contribution in [0.15, 0.2) is 24.3 Å². The van der Waals surface area contributed by atoms with Gasteiger partial charge in [-0.05, 0) is 36.1 Å². The quantitative estimate of drug-likeness (QED) is 0.734. The van der Waals surface area contributed by atoms with E-state index in [-0.39, 0.29) is 0 Å². The van der Waals surface area contributed by atoms with Crippen molar-refractivity contribution in [3.8, 4) is 5.75 Å². The second-order valence-electron chi connectivity index (χ2n) is 6.22. The summed E-state index contributed by atoms with van der Waals surface area (Å²) >= 11 is 0. The Kier molecular flexibility index (Phi) is 6.09. The number of rotatable bonds is 6. The standard InChI is InChI=1S/C19H18F3NO4/c1-9(2)12-5-4-11(6-10(12)3)27-8-15(24)23-14-7-13(20)17(21)16(18(14)22)19(25)26/h4-7,9H,8H2,1-3H3,(H,23,24)(H,25,26). The molecule has 144 valence electrons. The molecule has 0 unspecified atom stereocenters. The van der Waals surface area contributed by atoms with Crippen LogP contribution >= 0.6 is 0 Å². The van der Waals surface area contributed by atoms with Gasteiger partial charge in [-0.25, -0.2) is 18.0 Å². The Morgan fingerprint density at radius 3 is 2.37 bits per heavy atom. The molecule has 27 heavy (non-hydrogen) atoms. The predicted octanol–water partition coefficient (Wildman–Crippen LogP) is 4.25. The van der Waals surface area contributed by atoms with E-state index in [0.717, 1.165) is 11.1 Å². The minimum Gasteiger partial charge on any atom is -0.484 e. The van der Waals surface area contributed by atoms with Gasteiger partial charge in [-0.3, -0.25) is 4.79 Å². The predicted molar refractivity (Wildman–Crippen MR) is 92.7 cm³/mol. The largest absolute Gasteiger partial charge is 0.484 e. The molecule has 0 aliphatic heterocycles. The number of amides is 1. The molecule has 0 aromatic heterocycles. The van der Waals surface area contributed by atoms with Gasteiger partial charge in [0.25, 0.3) is 5.91 Å². The van der Waals surface area contributed by atoms with Crippen molar-refractivity contribution in [3.63, 3.8) is 0 Å². The molecular weight excluding hydrogens is 363 g/mol.